The van der Waals surface area contributed by atoms with Gasteiger partial charge >= 0.3 is 5.97 Å². The van der Waals surface area contributed by atoms with E-state index < -0.39 is 5.97 Å². The highest BCUT2D eigenvalue weighted by molar-refractivity contribution is 5.88. The van der Waals surface area contributed by atoms with Gasteiger partial charge < -0.3 is 15.2 Å². The first-order valence-electron chi connectivity index (χ1n) is 5.23. The molecular weight excluding hydrogens is 218 g/mol. The molecule has 0 saturated heterocycles. The summed E-state index contributed by atoms with van der Waals surface area (Å²) in [5.41, 5.74) is 0.833. The van der Waals surface area contributed by atoms with Crippen molar-refractivity contribution in [2.75, 3.05) is 20.7 Å². The summed E-state index contributed by atoms with van der Waals surface area (Å²) in [5, 5.41) is 11.9. The lowest BCUT2D eigenvalue weighted by Gasteiger charge is -2.02. The first-order valence-corrected chi connectivity index (χ1v) is 5.23. The zero-order valence-corrected chi connectivity index (χ0v) is 9.91. The van der Waals surface area contributed by atoms with Crippen LogP contribution in [0, 0.1) is 11.8 Å². The molecule has 4 heteroatoms. The van der Waals surface area contributed by atoms with Gasteiger partial charge in [-0.1, -0.05) is 11.8 Å². The fourth-order valence-corrected chi connectivity index (χ4v) is 1.26. The molecule has 0 amide bonds. The lowest BCUT2D eigenvalue weighted by atomic mass is 10.1. The quantitative estimate of drug-likeness (QED) is 0.609. The third kappa shape index (κ3) is 4.17. The van der Waals surface area contributed by atoms with E-state index in [4.69, 9.17) is 9.84 Å². The largest absolute Gasteiger partial charge is 0.497 e. The van der Waals surface area contributed by atoms with E-state index in [9.17, 15) is 4.79 Å². The molecule has 0 aromatic heterocycles. The molecule has 0 aliphatic carbocycles. The van der Waals surface area contributed by atoms with Crippen molar-refractivity contribution in [2.45, 2.75) is 6.42 Å². The molecule has 17 heavy (non-hydrogen) atoms. The van der Waals surface area contributed by atoms with Crippen LogP contribution in [-0.4, -0.2) is 31.8 Å². The van der Waals surface area contributed by atoms with Crippen LogP contribution in [-0.2, 0) is 0 Å². The van der Waals surface area contributed by atoms with Crippen LogP contribution in [0.1, 0.15) is 22.3 Å². The lowest BCUT2D eigenvalue weighted by Crippen LogP contribution is -2.05. The number of carbonyl (C=O) groups is 1. The summed E-state index contributed by atoms with van der Waals surface area (Å²) >= 11 is 0. The summed E-state index contributed by atoms with van der Waals surface area (Å²) in [5.74, 6) is 5.39. The minimum Gasteiger partial charge on any atom is -0.497 e. The summed E-state index contributed by atoms with van der Waals surface area (Å²) in [6, 6.07) is 4.73. The Bertz CT molecular complexity index is 457. The number of hydrogen-bond acceptors (Lipinski definition) is 3. The predicted molar refractivity (Wildman–Crippen MR) is 65.4 cm³/mol. The van der Waals surface area contributed by atoms with E-state index >= 15 is 0 Å². The normalized spacial score (nSPS) is 9.29. The summed E-state index contributed by atoms with van der Waals surface area (Å²) < 4.78 is 5.03. The van der Waals surface area contributed by atoms with Gasteiger partial charge in [0.25, 0.3) is 0 Å². The van der Waals surface area contributed by atoms with Crippen molar-refractivity contribution in [3.05, 3.63) is 29.3 Å². The third-order valence-corrected chi connectivity index (χ3v) is 2.12. The highest BCUT2D eigenvalue weighted by atomic mass is 16.5. The zero-order chi connectivity index (χ0) is 12.7. The second-order valence-corrected chi connectivity index (χ2v) is 3.41. The smallest absolute Gasteiger partial charge is 0.335 e. The minimum absolute atomic E-state index is 0.183. The number of nitrogens with one attached hydrogen (secondary N) is 1. The summed E-state index contributed by atoms with van der Waals surface area (Å²) in [4.78, 5) is 10.9. The second-order valence-electron chi connectivity index (χ2n) is 3.41. The predicted octanol–water partition coefficient (Wildman–Crippen LogP) is 1.35. The first-order chi connectivity index (χ1) is 8.17. The molecule has 0 radical (unpaired) electrons. The van der Waals surface area contributed by atoms with Crippen molar-refractivity contribution in [1.29, 1.82) is 0 Å². The van der Waals surface area contributed by atoms with E-state index in [2.05, 4.69) is 17.2 Å². The molecule has 0 aliphatic heterocycles. The van der Waals surface area contributed by atoms with Crippen LogP contribution in [0.25, 0.3) is 0 Å². The molecule has 90 valence electrons. The molecule has 0 heterocycles. The van der Waals surface area contributed by atoms with Gasteiger partial charge in [0, 0.05) is 18.5 Å². The number of rotatable bonds is 4. The van der Waals surface area contributed by atoms with Crippen molar-refractivity contribution in [3.63, 3.8) is 0 Å². The molecule has 0 unspecified atom stereocenters. The van der Waals surface area contributed by atoms with Gasteiger partial charge in [0.05, 0.1) is 12.7 Å². The van der Waals surface area contributed by atoms with Crippen LogP contribution in [0.3, 0.4) is 0 Å². The number of carboxylic acid groups (broad SMARTS) is 1. The van der Waals surface area contributed by atoms with Crippen molar-refractivity contribution in [3.8, 4) is 17.6 Å². The molecule has 1 aromatic rings. The fourth-order valence-electron chi connectivity index (χ4n) is 1.26. The van der Waals surface area contributed by atoms with E-state index in [-0.39, 0.29) is 5.56 Å². The van der Waals surface area contributed by atoms with Crippen LogP contribution in [0.2, 0.25) is 0 Å². The third-order valence-electron chi connectivity index (χ3n) is 2.12. The second kappa shape index (κ2) is 6.56. The monoisotopic (exact) mass is 233 g/mol. The van der Waals surface area contributed by atoms with Gasteiger partial charge in [0.2, 0.25) is 0 Å². The van der Waals surface area contributed by atoms with Crippen LogP contribution in [0.15, 0.2) is 18.2 Å². The van der Waals surface area contributed by atoms with Gasteiger partial charge in [0.1, 0.15) is 5.75 Å². The number of benzene rings is 1. The highest BCUT2D eigenvalue weighted by Gasteiger charge is 2.06. The Kier molecular flexibility index (Phi) is 5.05. The minimum atomic E-state index is -0.984. The van der Waals surface area contributed by atoms with Crippen LogP contribution >= 0.6 is 0 Å². The van der Waals surface area contributed by atoms with Crippen molar-refractivity contribution >= 4 is 5.97 Å². The van der Waals surface area contributed by atoms with E-state index in [0.29, 0.717) is 11.3 Å². The topological polar surface area (TPSA) is 58.6 Å². The maximum absolute atomic E-state index is 10.9. The molecule has 0 atom stereocenters. The summed E-state index contributed by atoms with van der Waals surface area (Å²) in [7, 11) is 3.36. The number of ether oxygens (including phenoxy) is 1. The van der Waals surface area contributed by atoms with Gasteiger partial charge in [0.15, 0.2) is 0 Å². The van der Waals surface area contributed by atoms with E-state index in [1.165, 1.54) is 19.2 Å². The zero-order valence-electron chi connectivity index (χ0n) is 9.91. The van der Waals surface area contributed by atoms with Gasteiger partial charge in [-0.05, 0) is 25.2 Å². The maximum atomic E-state index is 10.9. The van der Waals surface area contributed by atoms with E-state index in [1.54, 1.807) is 6.07 Å². The van der Waals surface area contributed by atoms with Crippen LogP contribution in [0.5, 0.6) is 5.75 Å². The molecule has 0 saturated carbocycles. The maximum Gasteiger partial charge on any atom is 0.335 e. The van der Waals surface area contributed by atoms with Gasteiger partial charge in [-0.3, -0.25) is 0 Å². The first kappa shape index (κ1) is 13.1. The number of hydrogen-bond donors (Lipinski definition) is 2. The number of carboxylic acids is 1. The lowest BCUT2D eigenvalue weighted by molar-refractivity contribution is 0.0696. The van der Waals surface area contributed by atoms with Gasteiger partial charge in [-0.2, -0.15) is 0 Å². The molecule has 2 N–H and O–H groups in total. The number of methoxy groups -OCH3 is 1. The van der Waals surface area contributed by atoms with E-state index in [1.807, 2.05) is 7.05 Å². The van der Waals surface area contributed by atoms with Gasteiger partial charge in [-0.15, -0.1) is 0 Å². The SMILES string of the molecule is CNCCC#Cc1cc(OC)cc(C(=O)O)c1. The molecule has 0 fully saturated rings. The molecular formula is C13H15NO3. The Morgan fingerprint density at radius 1 is 1.47 bits per heavy atom. The Balaban J connectivity index is 2.93. The Hall–Kier alpha value is -1.99. The van der Waals surface area contributed by atoms with Crippen LogP contribution < -0.4 is 10.1 Å². The molecule has 0 aliphatic rings. The van der Waals surface area contributed by atoms with Crippen molar-refractivity contribution in [1.82, 2.24) is 5.32 Å². The fraction of sp³-hybridized carbons (Fsp3) is 0.308. The average molecular weight is 233 g/mol. The molecule has 1 aromatic carbocycles. The van der Waals surface area contributed by atoms with Crippen molar-refractivity contribution < 1.29 is 14.6 Å². The average Bonchev–Trinajstić information content (AvgIpc) is 2.34. The Morgan fingerprint density at radius 2 is 2.24 bits per heavy atom. The Morgan fingerprint density at radius 3 is 2.82 bits per heavy atom. The molecule has 4 nitrogen and oxygen atoms in total. The van der Waals surface area contributed by atoms with Gasteiger partial charge in [-0.25, -0.2) is 4.79 Å². The van der Waals surface area contributed by atoms with Crippen molar-refractivity contribution in [2.24, 2.45) is 0 Å². The molecule has 0 spiro atoms. The Labute approximate surface area is 101 Å². The number of aromatic carboxylic acids is 1. The summed E-state index contributed by atoms with van der Waals surface area (Å²) in [6.45, 7) is 0.808. The summed E-state index contributed by atoms with van der Waals surface area (Å²) in [6.07, 6.45) is 0.718. The molecule has 0 bridgehead atoms. The standard InChI is InChI=1S/C13H15NO3/c1-14-6-4-3-5-10-7-11(13(15)16)9-12(8-10)17-2/h7-9,14H,4,6H2,1-2H3,(H,15,16). The van der Waals surface area contributed by atoms with Crippen LogP contribution in [0.4, 0.5) is 0 Å². The molecule has 1 rings (SSSR count). The highest BCUT2D eigenvalue weighted by Crippen LogP contribution is 2.16. The van der Waals surface area contributed by atoms with E-state index in [0.717, 1.165) is 13.0 Å².